The Labute approximate surface area is 211 Å². The number of halogens is 1. The first-order valence-electron chi connectivity index (χ1n) is 11.3. The number of carbonyl (C=O) groups excluding carboxylic acids is 1. The Bertz CT molecular complexity index is 1220. The molecule has 0 heterocycles. The lowest BCUT2D eigenvalue weighted by molar-refractivity contribution is -0.0366. The fourth-order valence-electron chi connectivity index (χ4n) is 5.08. The third-order valence-electron chi connectivity index (χ3n) is 6.35. The van der Waals surface area contributed by atoms with E-state index in [9.17, 15) is 4.79 Å². The van der Waals surface area contributed by atoms with Crippen molar-refractivity contribution in [2.75, 3.05) is 5.43 Å². The molecule has 1 amide bonds. The standard InChI is InChI=1S/C21H27N3O.C7H4ClNO/c1-20(2)13-21(3,4)19(20)23-18(25)16-7-5-14(6-8-16)15-9-11-17(24-22)12-10-15;8-7-3-6(10)2-1-5(7)4-9/h5-12,19,24H,13,22H2,1-4H3,(H,23,25);1-3,10H. The molecule has 6 nitrogen and oxygen atoms in total. The van der Waals surface area contributed by atoms with Gasteiger partial charge in [-0.3, -0.25) is 10.6 Å². The van der Waals surface area contributed by atoms with Crippen LogP contribution in [0.15, 0.2) is 66.7 Å². The summed E-state index contributed by atoms with van der Waals surface area (Å²) < 4.78 is 0. The zero-order valence-corrected chi connectivity index (χ0v) is 21.1. The summed E-state index contributed by atoms with van der Waals surface area (Å²) in [5.41, 5.74) is 7.02. The van der Waals surface area contributed by atoms with E-state index >= 15 is 0 Å². The van der Waals surface area contributed by atoms with Gasteiger partial charge in [0.1, 0.15) is 11.8 Å². The van der Waals surface area contributed by atoms with Gasteiger partial charge in [-0.25, -0.2) is 0 Å². The number of amides is 1. The van der Waals surface area contributed by atoms with E-state index in [1.54, 1.807) is 0 Å². The second kappa shape index (κ2) is 10.4. The highest BCUT2D eigenvalue weighted by Crippen LogP contribution is 2.53. The zero-order valence-electron chi connectivity index (χ0n) is 20.4. The molecular weight excluding hydrogens is 460 g/mol. The summed E-state index contributed by atoms with van der Waals surface area (Å²) in [5, 5.41) is 20.7. The number of nitrogens with zero attached hydrogens (tertiary/aromatic N) is 1. The fraction of sp³-hybridized carbons (Fsp3) is 0.286. The highest BCUT2D eigenvalue weighted by atomic mass is 35.5. The smallest absolute Gasteiger partial charge is 0.251 e. The zero-order chi connectivity index (χ0) is 25.8. The number of hydrazine groups is 1. The highest BCUT2D eigenvalue weighted by molar-refractivity contribution is 6.31. The number of phenolic OH excluding ortho intramolecular Hbond substituents is 1. The summed E-state index contributed by atoms with van der Waals surface area (Å²) in [6, 6.07) is 21.9. The molecule has 0 spiro atoms. The van der Waals surface area contributed by atoms with Crippen LogP contribution in [0, 0.1) is 22.2 Å². The third-order valence-corrected chi connectivity index (χ3v) is 6.67. The molecule has 1 saturated carbocycles. The van der Waals surface area contributed by atoms with Gasteiger partial charge in [-0.15, -0.1) is 0 Å². The number of anilines is 1. The van der Waals surface area contributed by atoms with Crippen molar-refractivity contribution >= 4 is 23.2 Å². The van der Waals surface area contributed by atoms with Crippen molar-refractivity contribution in [2.45, 2.75) is 40.2 Å². The molecule has 4 rings (SSSR count). The molecule has 0 aliphatic heterocycles. The molecule has 1 aliphatic rings. The van der Waals surface area contributed by atoms with Crippen LogP contribution in [-0.4, -0.2) is 17.1 Å². The number of aromatic hydroxyl groups is 1. The van der Waals surface area contributed by atoms with Crippen LogP contribution in [0.1, 0.15) is 50.0 Å². The highest BCUT2D eigenvalue weighted by Gasteiger charge is 2.53. The normalized spacial score (nSPS) is 15.6. The Hall–Kier alpha value is -3.53. The molecule has 7 heteroatoms. The Morgan fingerprint density at radius 2 is 1.54 bits per heavy atom. The molecule has 0 bridgehead atoms. The Morgan fingerprint density at radius 1 is 1.00 bits per heavy atom. The van der Waals surface area contributed by atoms with Crippen molar-refractivity contribution in [3.05, 3.63) is 82.9 Å². The Balaban J connectivity index is 0.000000287. The van der Waals surface area contributed by atoms with Crippen LogP contribution in [0.3, 0.4) is 0 Å². The van der Waals surface area contributed by atoms with Gasteiger partial charge < -0.3 is 15.8 Å². The van der Waals surface area contributed by atoms with Gasteiger partial charge in [-0.1, -0.05) is 63.6 Å². The molecular formula is C28H31ClN4O2. The van der Waals surface area contributed by atoms with Crippen LogP contribution in [0.2, 0.25) is 5.02 Å². The molecule has 1 aliphatic carbocycles. The molecule has 0 radical (unpaired) electrons. The monoisotopic (exact) mass is 490 g/mol. The van der Waals surface area contributed by atoms with Crippen LogP contribution in [0.4, 0.5) is 5.69 Å². The molecule has 1 fully saturated rings. The average Bonchev–Trinajstić information content (AvgIpc) is 2.82. The lowest BCUT2D eigenvalue weighted by atomic mass is 9.52. The molecule has 0 saturated heterocycles. The topological polar surface area (TPSA) is 111 Å². The lowest BCUT2D eigenvalue weighted by Gasteiger charge is -2.57. The van der Waals surface area contributed by atoms with E-state index in [0.29, 0.717) is 11.1 Å². The van der Waals surface area contributed by atoms with Crippen LogP contribution in [0.25, 0.3) is 11.1 Å². The summed E-state index contributed by atoms with van der Waals surface area (Å²) in [6.07, 6.45) is 1.12. The summed E-state index contributed by atoms with van der Waals surface area (Å²) in [5.74, 6) is 5.46. The van der Waals surface area contributed by atoms with Gasteiger partial charge in [0.2, 0.25) is 0 Å². The number of phenols is 1. The molecule has 35 heavy (non-hydrogen) atoms. The summed E-state index contributed by atoms with van der Waals surface area (Å²) >= 11 is 5.55. The van der Waals surface area contributed by atoms with Gasteiger partial charge in [0.25, 0.3) is 5.91 Å². The van der Waals surface area contributed by atoms with Gasteiger partial charge in [0, 0.05) is 17.3 Å². The molecule has 3 aromatic rings. The van der Waals surface area contributed by atoms with E-state index in [0.717, 1.165) is 23.2 Å². The number of hydrogen-bond donors (Lipinski definition) is 4. The van der Waals surface area contributed by atoms with Crippen molar-refractivity contribution in [2.24, 2.45) is 16.7 Å². The molecule has 0 unspecified atom stereocenters. The van der Waals surface area contributed by atoms with E-state index in [4.69, 9.17) is 27.8 Å². The average molecular weight is 491 g/mol. The van der Waals surface area contributed by atoms with Crippen LogP contribution in [0.5, 0.6) is 5.75 Å². The van der Waals surface area contributed by atoms with E-state index in [2.05, 4.69) is 38.4 Å². The number of benzene rings is 3. The first kappa shape index (κ1) is 26.1. The fourth-order valence-corrected chi connectivity index (χ4v) is 5.29. The van der Waals surface area contributed by atoms with Gasteiger partial charge >= 0.3 is 0 Å². The number of nitrogen functional groups attached to an aromatic ring is 1. The number of nitrogens with one attached hydrogen (secondary N) is 2. The third kappa shape index (κ3) is 6.13. The SMILES string of the molecule is CC1(C)CC(C)(C)C1NC(=O)c1ccc(-c2ccc(NN)cc2)cc1.N#Cc1ccc(O)cc1Cl. The molecule has 0 atom stereocenters. The maximum atomic E-state index is 12.6. The number of carbonyl (C=O) groups is 1. The second-order valence-corrected chi connectivity index (χ2v) is 10.5. The van der Waals surface area contributed by atoms with E-state index < -0.39 is 0 Å². The number of nitriles is 1. The number of rotatable bonds is 4. The lowest BCUT2D eigenvalue weighted by Crippen LogP contribution is -2.63. The number of hydrogen-bond acceptors (Lipinski definition) is 5. The predicted molar refractivity (Wildman–Crippen MR) is 141 cm³/mol. The van der Waals surface area contributed by atoms with E-state index in [1.807, 2.05) is 54.6 Å². The van der Waals surface area contributed by atoms with Crippen LogP contribution in [-0.2, 0) is 0 Å². The minimum Gasteiger partial charge on any atom is -0.508 e. The van der Waals surface area contributed by atoms with Crippen molar-refractivity contribution in [3.63, 3.8) is 0 Å². The Morgan fingerprint density at radius 3 is 2.00 bits per heavy atom. The molecule has 3 aromatic carbocycles. The van der Waals surface area contributed by atoms with Crippen molar-refractivity contribution in [1.82, 2.24) is 5.32 Å². The Kier molecular flexibility index (Phi) is 7.74. The summed E-state index contributed by atoms with van der Waals surface area (Å²) in [4.78, 5) is 12.6. The maximum absolute atomic E-state index is 12.6. The predicted octanol–water partition coefficient (Wildman–Crippen LogP) is 6.11. The summed E-state index contributed by atoms with van der Waals surface area (Å²) in [7, 11) is 0. The molecule has 5 N–H and O–H groups in total. The quantitative estimate of drug-likeness (QED) is 0.260. The summed E-state index contributed by atoms with van der Waals surface area (Å²) in [6.45, 7) is 8.86. The van der Waals surface area contributed by atoms with Crippen molar-refractivity contribution in [3.8, 4) is 22.9 Å². The minimum atomic E-state index is 0.0000738. The van der Waals surface area contributed by atoms with Gasteiger partial charge in [0.05, 0.1) is 10.6 Å². The molecule has 0 aromatic heterocycles. The second-order valence-electron chi connectivity index (χ2n) is 10.1. The van der Waals surface area contributed by atoms with Gasteiger partial charge in [0.15, 0.2) is 0 Å². The molecule has 182 valence electrons. The first-order valence-corrected chi connectivity index (χ1v) is 11.7. The largest absolute Gasteiger partial charge is 0.508 e. The van der Waals surface area contributed by atoms with Crippen LogP contribution >= 0.6 is 11.6 Å². The minimum absolute atomic E-state index is 0.0000738. The first-order chi connectivity index (χ1) is 16.5. The van der Waals surface area contributed by atoms with Gasteiger partial charge in [-0.05, 0) is 70.8 Å². The van der Waals surface area contributed by atoms with Crippen molar-refractivity contribution < 1.29 is 9.90 Å². The van der Waals surface area contributed by atoms with E-state index in [-0.39, 0.29) is 33.6 Å². The van der Waals surface area contributed by atoms with Crippen LogP contribution < -0.4 is 16.6 Å². The maximum Gasteiger partial charge on any atom is 0.251 e. The van der Waals surface area contributed by atoms with Gasteiger partial charge in [-0.2, -0.15) is 5.26 Å². The van der Waals surface area contributed by atoms with E-state index in [1.165, 1.54) is 18.2 Å². The number of nitrogens with two attached hydrogens (primary N) is 1. The van der Waals surface area contributed by atoms with Crippen molar-refractivity contribution in [1.29, 1.82) is 5.26 Å².